The highest BCUT2D eigenvalue weighted by Crippen LogP contribution is 2.27. The molecule has 1 unspecified atom stereocenters. The fourth-order valence-corrected chi connectivity index (χ4v) is 2.86. The first-order chi connectivity index (χ1) is 11.9. The second-order valence-corrected chi connectivity index (χ2v) is 7.13. The minimum absolute atomic E-state index is 0.0734. The van der Waals surface area contributed by atoms with Crippen molar-refractivity contribution < 1.29 is 14.3 Å². The predicted octanol–water partition coefficient (Wildman–Crippen LogP) is 2.74. The van der Waals surface area contributed by atoms with Crippen LogP contribution >= 0.6 is 11.8 Å². The first-order valence-electron chi connectivity index (χ1n) is 8.02. The van der Waals surface area contributed by atoms with Gasteiger partial charge in [0.15, 0.2) is 11.5 Å². The van der Waals surface area contributed by atoms with E-state index in [0.29, 0.717) is 23.2 Å². The van der Waals surface area contributed by atoms with Crippen molar-refractivity contribution in [3.05, 3.63) is 29.6 Å². The summed E-state index contributed by atoms with van der Waals surface area (Å²) < 4.78 is 10.5. The molecule has 0 saturated carbocycles. The topological polar surface area (TPSA) is 89.1 Å². The van der Waals surface area contributed by atoms with Crippen molar-refractivity contribution in [3.8, 4) is 11.5 Å². The molecule has 1 atom stereocenters. The van der Waals surface area contributed by atoms with E-state index in [1.54, 1.807) is 14.2 Å². The van der Waals surface area contributed by atoms with Gasteiger partial charge in [-0.15, -0.1) is 5.10 Å². The Morgan fingerprint density at radius 1 is 1.24 bits per heavy atom. The zero-order chi connectivity index (χ0) is 18.4. The second kappa shape index (κ2) is 8.75. The largest absolute Gasteiger partial charge is 0.493 e. The molecule has 1 amide bonds. The van der Waals surface area contributed by atoms with E-state index in [0.717, 1.165) is 11.4 Å². The Labute approximate surface area is 151 Å². The number of nitrogens with zero attached hydrogens (tertiary/aromatic N) is 2. The third-order valence-corrected chi connectivity index (χ3v) is 4.56. The van der Waals surface area contributed by atoms with Gasteiger partial charge in [0, 0.05) is 12.5 Å². The van der Waals surface area contributed by atoms with Gasteiger partial charge < -0.3 is 14.8 Å². The molecule has 1 aromatic carbocycles. The SMILES string of the molecule is COc1ccc(CNC(=O)C(C)Sc2n[nH]c(C(C)C)n2)cc1OC. The van der Waals surface area contributed by atoms with Crippen LogP contribution < -0.4 is 14.8 Å². The molecule has 0 aliphatic carbocycles. The van der Waals surface area contributed by atoms with Gasteiger partial charge in [-0.05, 0) is 24.6 Å². The third-order valence-electron chi connectivity index (χ3n) is 3.60. The number of benzene rings is 1. The van der Waals surface area contributed by atoms with Gasteiger partial charge in [0.05, 0.1) is 19.5 Å². The summed E-state index contributed by atoms with van der Waals surface area (Å²) in [7, 11) is 3.17. The van der Waals surface area contributed by atoms with Crippen LogP contribution in [0.1, 0.15) is 38.1 Å². The molecular weight excluding hydrogens is 340 g/mol. The zero-order valence-corrected chi connectivity index (χ0v) is 15.9. The molecule has 8 heteroatoms. The number of amides is 1. The summed E-state index contributed by atoms with van der Waals surface area (Å²) in [5.74, 6) is 2.32. The molecule has 0 saturated heterocycles. The van der Waals surface area contributed by atoms with Crippen LogP contribution in [0.4, 0.5) is 0 Å². The monoisotopic (exact) mass is 364 g/mol. The van der Waals surface area contributed by atoms with E-state index in [9.17, 15) is 4.79 Å². The fraction of sp³-hybridized carbons (Fsp3) is 0.471. The van der Waals surface area contributed by atoms with Crippen LogP contribution in [-0.4, -0.2) is 40.6 Å². The smallest absolute Gasteiger partial charge is 0.233 e. The lowest BCUT2D eigenvalue weighted by molar-refractivity contribution is -0.120. The number of carbonyl (C=O) groups is 1. The molecule has 7 nitrogen and oxygen atoms in total. The highest BCUT2D eigenvalue weighted by atomic mass is 32.2. The molecule has 0 aliphatic heterocycles. The summed E-state index contributed by atoms with van der Waals surface area (Å²) in [5, 5.41) is 10.2. The number of thioether (sulfide) groups is 1. The van der Waals surface area contributed by atoms with E-state index in [1.165, 1.54) is 11.8 Å². The Bertz CT molecular complexity index is 718. The molecule has 2 aromatic rings. The van der Waals surface area contributed by atoms with E-state index < -0.39 is 0 Å². The number of ether oxygens (including phenoxy) is 2. The van der Waals surface area contributed by atoms with Gasteiger partial charge in [-0.3, -0.25) is 9.89 Å². The lowest BCUT2D eigenvalue weighted by Gasteiger charge is -2.12. The summed E-state index contributed by atoms with van der Waals surface area (Å²) in [6.45, 7) is 6.32. The molecule has 1 aromatic heterocycles. The van der Waals surface area contributed by atoms with Gasteiger partial charge in [0.25, 0.3) is 0 Å². The Morgan fingerprint density at radius 2 is 1.96 bits per heavy atom. The van der Waals surface area contributed by atoms with Crippen LogP contribution in [0, 0.1) is 0 Å². The van der Waals surface area contributed by atoms with Crippen molar-refractivity contribution in [3.63, 3.8) is 0 Å². The molecule has 136 valence electrons. The van der Waals surface area contributed by atoms with Crippen LogP contribution in [0.3, 0.4) is 0 Å². The van der Waals surface area contributed by atoms with Gasteiger partial charge in [-0.2, -0.15) is 0 Å². The predicted molar refractivity (Wildman–Crippen MR) is 97.2 cm³/mol. The van der Waals surface area contributed by atoms with E-state index in [2.05, 4.69) is 20.5 Å². The maximum atomic E-state index is 12.3. The molecule has 2 N–H and O–H groups in total. The van der Waals surface area contributed by atoms with E-state index in [1.807, 2.05) is 39.0 Å². The number of rotatable bonds is 8. The number of aromatic amines is 1. The lowest BCUT2D eigenvalue weighted by atomic mass is 10.2. The van der Waals surface area contributed by atoms with E-state index >= 15 is 0 Å². The maximum absolute atomic E-state index is 12.3. The van der Waals surface area contributed by atoms with Crippen molar-refractivity contribution in [2.75, 3.05) is 14.2 Å². The molecule has 0 radical (unpaired) electrons. The van der Waals surface area contributed by atoms with Crippen LogP contribution in [0.2, 0.25) is 0 Å². The molecule has 1 heterocycles. The van der Waals surface area contributed by atoms with Crippen molar-refractivity contribution in [1.82, 2.24) is 20.5 Å². The summed E-state index contributed by atoms with van der Waals surface area (Å²) in [5.41, 5.74) is 0.934. The number of methoxy groups -OCH3 is 2. The van der Waals surface area contributed by atoms with Gasteiger partial charge in [0.1, 0.15) is 5.82 Å². The van der Waals surface area contributed by atoms with Crippen LogP contribution in [-0.2, 0) is 11.3 Å². The van der Waals surface area contributed by atoms with Crippen molar-refractivity contribution in [1.29, 1.82) is 0 Å². The fourth-order valence-electron chi connectivity index (χ4n) is 2.10. The van der Waals surface area contributed by atoms with Gasteiger partial charge in [-0.25, -0.2) is 4.98 Å². The molecule has 0 spiro atoms. The van der Waals surface area contributed by atoms with Crippen LogP contribution in [0.25, 0.3) is 0 Å². The number of H-pyrrole nitrogens is 1. The number of hydrogen-bond acceptors (Lipinski definition) is 6. The first-order valence-corrected chi connectivity index (χ1v) is 8.90. The molecular formula is C17H24N4O3S. The zero-order valence-electron chi connectivity index (χ0n) is 15.1. The van der Waals surface area contributed by atoms with Gasteiger partial charge in [0.2, 0.25) is 11.1 Å². The van der Waals surface area contributed by atoms with Gasteiger partial charge >= 0.3 is 0 Å². The Morgan fingerprint density at radius 3 is 2.56 bits per heavy atom. The summed E-state index contributed by atoms with van der Waals surface area (Å²) >= 11 is 1.33. The Balaban J connectivity index is 1.90. The van der Waals surface area contributed by atoms with Crippen molar-refractivity contribution in [2.45, 2.75) is 43.6 Å². The van der Waals surface area contributed by atoms with Crippen LogP contribution in [0.5, 0.6) is 11.5 Å². The number of nitrogens with one attached hydrogen (secondary N) is 2. The standard InChI is InChI=1S/C17H24N4O3S/c1-10(2)15-19-17(21-20-15)25-11(3)16(22)18-9-12-6-7-13(23-4)14(8-12)24-5/h6-8,10-11H,9H2,1-5H3,(H,18,22)(H,19,20,21). The lowest BCUT2D eigenvalue weighted by Crippen LogP contribution is -2.30. The van der Waals surface area contributed by atoms with E-state index in [-0.39, 0.29) is 17.1 Å². The molecule has 25 heavy (non-hydrogen) atoms. The van der Waals surface area contributed by atoms with Crippen LogP contribution in [0.15, 0.2) is 23.4 Å². The Hall–Kier alpha value is -2.22. The second-order valence-electron chi connectivity index (χ2n) is 5.83. The summed E-state index contributed by atoms with van der Waals surface area (Å²) in [6.07, 6.45) is 0. The normalized spacial score (nSPS) is 12.1. The average Bonchev–Trinajstić information content (AvgIpc) is 3.08. The van der Waals surface area contributed by atoms with Gasteiger partial charge in [-0.1, -0.05) is 31.7 Å². The van der Waals surface area contributed by atoms with Crippen molar-refractivity contribution >= 4 is 17.7 Å². The molecule has 0 fully saturated rings. The highest BCUT2D eigenvalue weighted by molar-refractivity contribution is 8.00. The Kier molecular flexibility index (Phi) is 6.69. The minimum atomic E-state index is -0.295. The number of hydrogen-bond donors (Lipinski definition) is 2. The summed E-state index contributed by atoms with van der Waals surface area (Å²) in [6, 6.07) is 5.56. The third kappa shape index (κ3) is 5.12. The maximum Gasteiger partial charge on any atom is 0.233 e. The quantitative estimate of drug-likeness (QED) is 0.700. The first kappa shape index (κ1) is 19.1. The molecule has 0 bridgehead atoms. The molecule has 2 rings (SSSR count). The summed E-state index contributed by atoms with van der Waals surface area (Å²) in [4.78, 5) is 16.7. The minimum Gasteiger partial charge on any atom is -0.493 e. The molecule has 0 aliphatic rings. The van der Waals surface area contributed by atoms with Crippen molar-refractivity contribution in [2.24, 2.45) is 0 Å². The average molecular weight is 364 g/mol. The number of carbonyl (C=O) groups excluding carboxylic acids is 1. The highest BCUT2D eigenvalue weighted by Gasteiger charge is 2.17. The number of aromatic nitrogens is 3. The van der Waals surface area contributed by atoms with E-state index in [4.69, 9.17) is 9.47 Å².